The van der Waals surface area contributed by atoms with Crippen LogP contribution in [0, 0.1) is 11.3 Å². The number of hydrogen-bond donors (Lipinski definition) is 1. The molecule has 1 aliphatic heterocycles. The Bertz CT molecular complexity index is 450. The summed E-state index contributed by atoms with van der Waals surface area (Å²) in [6, 6.07) is 5.07. The van der Waals surface area contributed by atoms with Crippen LogP contribution in [0.2, 0.25) is 0 Å². The Morgan fingerprint density at radius 1 is 1.59 bits per heavy atom. The second kappa shape index (κ2) is 4.93. The van der Waals surface area contributed by atoms with Crippen LogP contribution in [0.3, 0.4) is 0 Å². The van der Waals surface area contributed by atoms with Crippen molar-refractivity contribution in [3.05, 3.63) is 29.6 Å². The SMILES string of the molecule is N#Cc1ccc(C(=O)N2CCCC(O)C2)nc1. The highest BCUT2D eigenvalue weighted by Gasteiger charge is 2.23. The molecule has 2 heterocycles. The van der Waals surface area contributed by atoms with E-state index in [1.54, 1.807) is 17.0 Å². The van der Waals surface area contributed by atoms with Gasteiger partial charge in [0.15, 0.2) is 0 Å². The first-order valence-corrected chi connectivity index (χ1v) is 5.54. The number of carbonyl (C=O) groups is 1. The van der Waals surface area contributed by atoms with Crippen molar-refractivity contribution in [2.45, 2.75) is 18.9 Å². The molecule has 1 amide bonds. The van der Waals surface area contributed by atoms with Crippen LogP contribution in [0.1, 0.15) is 28.9 Å². The molecular weight excluding hydrogens is 218 g/mol. The minimum Gasteiger partial charge on any atom is -0.391 e. The summed E-state index contributed by atoms with van der Waals surface area (Å²) in [6.45, 7) is 1.01. The molecule has 0 bridgehead atoms. The van der Waals surface area contributed by atoms with E-state index < -0.39 is 6.10 Å². The highest BCUT2D eigenvalue weighted by atomic mass is 16.3. The quantitative estimate of drug-likeness (QED) is 0.765. The second-order valence-corrected chi connectivity index (χ2v) is 4.09. The van der Waals surface area contributed by atoms with Crippen LogP contribution < -0.4 is 0 Å². The van der Waals surface area contributed by atoms with Gasteiger partial charge in [-0.25, -0.2) is 4.98 Å². The number of aliphatic hydroxyl groups is 1. The molecule has 1 N–H and O–H groups in total. The zero-order valence-electron chi connectivity index (χ0n) is 9.33. The van der Waals surface area contributed by atoms with E-state index in [0.29, 0.717) is 24.3 Å². The van der Waals surface area contributed by atoms with Crippen LogP contribution >= 0.6 is 0 Å². The number of aromatic nitrogens is 1. The van der Waals surface area contributed by atoms with Crippen LogP contribution in [0.15, 0.2) is 18.3 Å². The van der Waals surface area contributed by atoms with E-state index in [2.05, 4.69) is 4.98 Å². The summed E-state index contributed by atoms with van der Waals surface area (Å²) in [4.78, 5) is 17.6. The molecule has 0 spiro atoms. The molecule has 0 aliphatic carbocycles. The van der Waals surface area contributed by atoms with Gasteiger partial charge in [0.2, 0.25) is 0 Å². The van der Waals surface area contributed by atoms with Crippen molar-refractivity contribution in [3.63, 3.8) is 0 Å². The summed E-state index contributed by atoms with van der Waals surface area (Å²) in [5, 5.41) is 18.1. The number of piperidine rings is 1. The van der Waals surface area contributed by atoms with E-state index >= 15 is 0 Å². The fourth-order valence-corrected chi connectivity index (χ4v) is 1.89. The highest BCUT2D eigenvalue weighted by molar-refractivity contribution is 5.92. The van der Waals surface area contributed by atoms with Gasteiger partial charge in [-0.15, -0.1) is 0 Å². The van der Waals surface area contributed by atoms with Crippen molar-refractivity contribution in [3.8, 4) is 6.07 Å². The number of likely N-dealkylation sites (tertiary alicyclic amines) is 1. The lowest BCUT2D eigenvalue weighted by atomic mass is 10.1. The molecular formula is C12H13N3O2. The van der Waals surface area contributed by atoms with Gasteiger partial charge in [0, 0.05) is 19.3 Å². The summed E-state index contributed by atoms with van der Waals surface area (Å²) < 4.78 is 0. The fraction of sp³-hybridized carbons (Fsp3) is 0.417. The van der Waals surface area contributed by atoms with Crippen LogP contribution in [-0.2, 0) is 0 Å². The van der Waals surface area contributed by atoms with Gasteiger partial charge in [0.1, 0.15) is 11.8 Å². The Kier molecular flexibility index (Phi) is 3.35. The van der Waals surface area contributed by atoms with Crippen LogP contribution in [0.4, 0.5) is 0 Å². The average Bonchev–Trinajstić information content (AvgIpc) is 2.38. The maximum absolute atomic E-state index is 12.0. The van der Waals surface area contributed by atoms with Crippen LogP contribution in [0.5, 0.6) is 0 Å². The number of hydrogen-bond acceptors (Lipinski definition) is 4. The molecule has 0 aromatic carbocycles. The fourth-order valence-electron chi connectivity index (χ4n) is 1.89. The number of carbonyl (C=O) groups excluding carboxylic acids is 1. The summed E-state index contributed by atoms with van der Waals surface area (Å²) >= 11 is 0. The Hall–Kier alpha value is -1.93. The zero-order valence-corrected chi connectivity index (χ0v) is 9.33. The summed E-state index contributed by atoms with van der Waals surface area (Å²) in [5.74, 6) is -0.187. The molecule has 1 fully saturated rings. The van der Waals surface area contributed by atoms with Gasteiger partial charge in [-0.3, -0.25) is 4.79 Å². The number of nitriles is 1. The topological polar surface area (TPSA) is 77.2 Å². The number of aliphatic hydroxyl groups excluding tert-OH is 1. The number of pyridine rings is 1. The lowest BCUT2D eigenvalue weighted by Crippen LogP contribution is -2.42. The molecule has 1 aliphatic rings. The van der Waals surface area contributed by atoms with Crippen LogP contribution in [0.25, 0.3) is 0 Å². The first-order chi connectivity index (χ1) is 8.20. The van der Waals surface area contributed by atoms with E-state index in [-0.39, 0.29) is 5.91 Å². The Balaban J connectivity index is 2.11. The number of nitrogens with zero attached hydrogens (tertiary/aromatic N) is 3. The average molecular weight is 231 g/mol. The van der Waals surface area contributed by atoms with E-state index in [1.165, 1.54) is 6.20 Å². The summed E-state index contributed by atoms with van der Waals surface area (Å²) in [6.07, 6.45) is 2.49. The predicted octanol–water partition coefficient (Wildman–Crippen LogP) is 0.550. The van der Waals surface area contributed by atoms with Crippen LogP contribution in [-0.4, -0.2) is 40.1 Å². The van der Waals surface area contributed by atoms with Gasteiger partial charge < -0.3 is 10.0 Å². The zero-order chi connectivity index (χ0) is 12.3. The largest absolute Gasteiger partial charge is 0.391 e. The molecule has 0 saturated carbocycles. The van der Waals surface area contributed by atoms with Crippen molar-refractivity contribution < 1.29 is 9.90 Å². The number of rotatable bonds is 1. The standard InChI is InChI=1S/C12H13N3O2/c13-6-9-3-4-11(14-7-9)12(17)15-5-1-2-10(16)8-15/h3-4,7,10,16H,1-2,5,8H2. The lowest BCUT2D eigenvalue weighted by Gasteiger charge is -2.29. The van der Waals surface area contributed by atoms with Gasteiger partial charge in [-0.2, -0.15) is 5.26 Å². The van der Waals surface area contributed by atoms with Gasteiger partial charge in [0.05, 0.1) is 11.7 Å². The molecule has 2 rings (SSSR count). The second-order valence-electron chi connectivity index (χ2n) is 4.09. The van der Waals surface area contributed by atoms with Gasteiger partial charge >= 0.3 is 0 Å². The summed E-state index contributed by atoms with van der Waals surface area (Å²) in [5.41, 5.74) is 0.748. The Morgan fingerprint density at radius 3 is 3.00 bits per heavy atom. The molecule has 0 radical (unpaired) electrons. The summed E-state index contributed by atoms with van der Waals surface area (Å²) in [7, 11) is 0. The van der Waals surface area contributed by atoms with Crippen molar-refractivity contribution in [1.82, 2.24) is 9.88 Å². The first-order valence-electron chi connectivity index (χ1n) is 5.54. The van der Waals surface area contributed by atoms with Crippen molar-refractivity contribution in [2.75, 3.05) is 13.1 Å². The van der Waals surface area contributed by atoms with Crippen molar-refractivity contribution in [2.24, 2.45) is 0 Å². The third-order valence-electron chi connectivity index (χ3n) is 2.80. The smallest absolute Gasteiger partial charge is 0.272 e. The normalized spacial score (nSPS) is 19.8. The van der Waals surface area contributed by atoms with Gasteiger partial charge in [-0.05, 0) is 25.0 Å². The van der Waals surface area contributed by atoms with E-state index in [0.717, 1.165) is 12.8 Å². The predicted molar refractivity (Wildman–Crippen MR) is 60.1 cm³/mol. The van der Waals surface area contributed by atoms with Crippen molar-refractivity contribution >= 4 is 5.91 Å². The number of β-amino-alcohol motifs (C(OH)–C–C–N with tert-alkyl or cyclic N) is 1. The molecule has 17 heavy (non-hydrogen) atoms. The van der Waals surface area contributed by atoms with E-state index in [1.807, 2.05) is 6.07 Å². The van der Waals surface area contributed by atoms with E-state index in [4.69, 9.17) is 5.26 Å². The van der Waals surface area contributed by atoms with Crippen molar-refractivity contribution in [1.29, 1.82) is 5.26 Å². The minimum atomic E-state index is -0.439. The molecule has 1 aromatic heterocycles. The Labute approximate surface area is 99.3 Å². The Morgan fingerprint density at radius 2 is 2.41 bits per heavy atom. The molecule has 1 unspecified atom stereocenters. The highest BCUT2D eigenvalue weighted by Crippen LogP contribution is 2.12. The lowest BCUT2D eigenvalue weighted by molar-refractivity contribution is 0.0469. The molecule has 1 aromatic rings. The molecule has 5 nitrogen and oxygen atoms in total. The monoisotopic (exact) mass is 231 g/mol. The minimum absolute atomic E-state index is 0.187. The maximum Gasteiger partial charge on any atom is 0.272 e. The third-order valence-corrected chi connectivity index (χ3v) is 2.80. The van der Waals surface area contributed by atoms with Gasteiger partial charge in [0.25, 0.3) is 5.91 Å². The van der Waals surface area contributed by atoms with E-state index in [9.17, 15) is 9.90 Å². The first kappa shape index (κ1) is 11.6. The maximum atomic E-state index is 12.0. The molecule has 5 heteroatoms. The van der Waals surface area contributed by atoms with Gasteiger partial charge in [-0.1, -0.05) is 0 Å². The number of amides is 1. The molecule has 1 atom stereocenters. The molecule has 88 valence electrons. The third kappa shape index (κ3) is 2.60. The molecule has 1 saturated heterocycles.